The highest BCUT2D eigenvalue weighted by Crippen LogP contribution is 2.12. The number of anilines is 2. The number of carboxylic acids is 2. The number of benzene rings is 1. The van der Waals surface area contributed by atoms with Crippen LogP contribution in [0.25, 0.3) is 11.2 Å². The van der Waals surface area contributed by atoms with Gasteiger partial charge in [-0.2, -0.15) is 4.98 Å². The Labute approximate surface area is 214 Å². The van der Waals surface area contributed by atoms with Crippen LogP contribution in [-0.4, -0.2) is 66.0 Å². The number of amides is 2. The molecule has 198 valence electrons. The molecule has 2 aromatic heterocycles. The molecule has 0 fully saturated rings. The van der Waals surface area contributed by atoms with Gasteiger partial charge in [-0.05, 0) is 31.2 Å². The predicted molar refractivity (Wildman–Crippen MR) is 134 cm³/mol. The zero-order valence-corrected chi connectivity index (χ0v) is 20.0. The van der Waals surface area contributed by atoms with Crippen molar-refractivity contribution in [2.75, 3.05) is 11.1 Å². The Balaban J connectivity index is 1.63. The molecule has 3 rings (SSSR count). The van der Waals surface area contributed by atoms with Gasteiger partial charge in [0.25, 0.3) is 11.5 Å². The normalized spacial score (nSPS) is 12.2. The third-order valence-corrected chi connectivity index (χ3v) is 5.17. The molecule has 0 radical (unpaired) electrons. The van der Waals surface area contributed by atoms with E-state index >= 15 is 0 Å². The maximum absolute atomic E-state index is 12.6. The van der Waals surface area contributed by atoms with E-state index in [2.05, 4.69) is 42.5 Å². The molecule has 0 aliphatic rings. The lowest BCUT2D eigenvalue weighted by atomic mass is 10.1. The molecule has 1 aromatic carbocycles. The maximum Gasteiger partial charge on any atom is 0.326 e. The van der Waals surface area contributed by atoms with Crippen LogP contribution >= 0.6 is 0 Å². The van der Waals surface area contributed by atoms with E-state index in [1.807, 2.05) is 0 Å². The van der Waals surface area contributed by atoms with E-state index in [4.69, 9.17) is 5.73 Å². The quantitative estimate of drug-likeness (QED) is 0.159. The molecule has 2 heterocycles. The highest BCUT2D eigenvalue weighted by molar-refractivity contribution is 5.97. The van der Waals surface area contributed by atoms with Crippen LogP contribution in [0.1, 0.15) is 29.4 Å². The van der Waals surface area contributed by atoms with Crippen molar-refractivity contribution in [2.24, 2.45) is 0 Å². The minimum atomic E-state index is -1.59. The number of aromatic amines is 1. The fraction of sp³-hybridized carbons (Fsp3) is 0.217. The second-order valence-corrected chi connectivity index (χ2v) is 8.16. The van der Waals surface area contributed by atoms with E-state index in [1.54, 1.807) is 12.1 Å². The number of nitrogen functional groups attached to an aromatic ring is 1. The maximum atomic E-state index is 12.6. The molecule has 15 heteroatoms. The van der Waals surface area contributed by atoms with Gasteiger partial charge in [0.1, 0.15) is 12.1 Å². The molecule has 0 aliphatic heterocycles. The smallest absolute Gasteiger partial charge is 0.326 e. The third-order valence-electron chi connectivity index (χ3n) is 5.17. The predicted octanol–water partition coefficient (Wildman–Crippen LogP) is -0.374. The number of carbonyl (C=O) groups is 4. The Morgan fingerprint density at radius 3 is 2.29 bits per heavy atom. The fourth-order valence-corrected chi connectivity index (χ4v) is 3.19. The highest BCUT2D eigenvalue weighted by Gasteiger charge is 2.30. The van der Waals surface area contributed by atoms with E-state index in [-0.39, 0.29) is 34.8 Å². The Morgan fingerprint density at radius 2 is 1.68 bits per heavy atom. The van der Waals surface area contributed by atoms with E-state index in [1.165, 1.54) is 25.3 Å². The Kier molecular flexibility index (Phi) is 8.32. The molecule has 0 spiro atoms. The first-order chi connectivity index (χ1) is 17.9. The Morgan fingerprint density at radius 1 is 1.05 bits per heavy atom. The van der Waals surface area contributed by atoms with E-state index in [9.17, 15) is 34.2 Å². The largest absolute Gasteiger partial charge is 0.480 e. The van der Waals surface area contributed by atoms with Gasteiger partial charge in [-0.3, -0.25) is 19.4 Å². The van der Waals surface area contributed by atoms with E-state index in [0.717, 1.165) is 0 Å². The topological polar surface area (TPSA) is 242 Å². The Bertz CT molecular complexity index is 1470. The molecular weight excluding hydrogens is 500 g/mol. The summed E-state index contributed by atoms with van der Waals surface area (Å²) in [6.45, 7) is 4.96. The molecule has 2 amide bonds. The number of hydrogen-bond donors (Lipinski definition) is 7. The van der Waals surface area contributed by atoms with Crippen LogP contribution in [0.3, 0.4) is 0 Å². The van der Waals surface area contributed by atoms with Crippen LogP contribution in [0.5, 0.6) is 0 Å². The summed E-state index contributed by atoms with van der Waals surface area (Å²) in [6, 6.07) is 2.82. The molecule has 0 saturated heterocycles. The van der Waals surface area contributed by atoms with Crippen molar-refractivity contribution in [3.05, 3.63) is 64.2 Å². The van der Waals surface area contributed by atoms with Crippen molar-refractivity contribution in [1.29, 1.82) is 0 Å². The fourth-order valence-electron chi connectivity index (χ4n) is 3.19. The van der Waals surface area contributed by atoms with Crippen molar-refractivity contribution >= 4 is 46.6 Å². The van der Waals surface area contributed by atoms with Crippen molar-refractivity contribution < 1.29 is 29.4 Å². The van der Waals surface area contributed by atoms with Gasteiger partial charge in [-0.15, -0.1) is 0 Å². The molecule has 3 aromatic rings. The second kappa shape index (κ2) is 11.6. The number of fused-ring (bicyclic) bond motifs is 1. The number of H-pyrrole nitrogens is 1. The average Bonchev–Trinajstić information content (AvgIpc) is 2.86. The van der Waals surface area contributed by atoms with Crippen LogP contribution in [0.4, 0.5) is 11.6 Å². The SMILES string of the molecule is C=C(C)C(=O)NC(C[C@H](NC(=O)c1ccc(NCc2cnc3nc(N)[nH]c(=O)c3n2)cc1)C(=O)O)C(=O)O. The number of aliphatic carboxylic acids is 2. The van der Waals surface area contributed by atoms with Gasteiger partial charge in [-0.25, -0.2) is 19.6 Å². The summed E-state index contributed by atoms with van der Waals surface area (Å²) >= 11 is 0. The molecule has 38 heavy (non-hydrogen) atoms. The zero-order valence-electron chi connectivity index (χ0n) is 20.0. The second-order valence-electron chi connectivity index (χ2n) is 8.16. The van der Waals surface area contributed by atoms with Crippen LogP contribution in [-0.2, 0) is 20.9 Å². The number of nitrogens with two attached hydrogens (primary N) is 1. The van der Waals surface area contributed by atoms with Crippen molar-refractivity contribution in [2.45, 2.75) is 32.0 Å². The minimum absolute atomic E-state index is 0.0304. The van der Waals surface area contributed by atoms with Gasteiger partial charge in [0.15, 0.2) is 11.2 Å². The summed E-state index contributed by atoms with van der Waals surface area (Å²) in [6.07, 6.45) is 0.838. The van der Waals surface area contributed by atoms with Crippen molar-refractivity contribution in [3.8, 4) is 0 Å². The molecule has 0 aliphatic carbocycles. The molecule has 0 saturated carbocycles. The highest BCUT2D eigenvalue weighted by atomic mass is 16.4. The summed E-state index contributed by atoms with van der Waals surface area (Å²) in [5, 5.41) is 26.3. The lowest BCUT2D eigenvalue weighted by Gasteiger charge is -2.20. The summed E-state index contributed by atoms with van der Waals surface area (Å²) in [5.41, 5.74) is 6.28. The number of nitrogens with zero attached hydrogens (tertiary/aromatic N) is 3. The molecule has 0 bridgehead atoms. The van der Waals surface area contributed by atoms with Crippen molar-refractivity contribution in [1.82, 2.24) is 30.6 Å². The number of carboxylic acid groups (broad SMARTS) is 2. The standard InChI is InChI=1S/C23H24N8O7/c1-10(2)18(32)28-14(21(35)36)7-15(22(37)38)29-19(33)11-3-5-12(6-4-11)25-8-13-9-26-17-16(27-13)20(34)31-23(24)30-17/h3-6,9,14-15,25H,1,7-8H2,2H3,(H,28,32)(H,29,33)(H,35,36)(H,37,38)(H3,24,26,30,31,34)/t14?,15-/m0/s1. The van der Waals surface area contributed by atoms with E-state index in [0.29, 0.717) is 11.4 Å². The number of hydrogen-bond acceptors (Lipinski definition) is 10. The van der Waals surface area contributed by atoms with Crippen LogP contribution in [0, 0.1) is 0 Å². The molecule has 8 N–H and O–H groups in total. The van der Waals surface area contributed by atoms with Crippen LogP contribution in [0.2, 0.25) is 0 Å². The molecule has 1 unspecified atom stereocenters. The minimum Gasteiger partial charge on any atom is -0.480 e. The van der Waals surface area contributed by atoms with Gasteiger partial charge in [0.05, 0.1) is 18.4 Å². The van der Waals surface area contributed by atoms with E-state index < -0.39 is 47.8 Å². The lowest BCUT2D eigenvalue weighted by molar-refractivity contribution is -0.143. The number of rotatable bonds is 11. The van der Waals surface area contributed by atoms with Crippen LogP contribution < -0.4 is 27.2 Å². The number of nitrogens with one attached hydrogen (secondary N) is 4. The monoisotopic (exact) mass is 524 g/mol. The first-order valence-electron chi connectivity index (χ1n) is 11.0. The van der Waals surface area contributed by atoms with Crippen molar-refractivity contribution in [3.63, 3.8) is 0 Å². The summed E-state index contributed by atoms with van der Waals surface area (Å²) in [7, 11) is 0. The molecule has 2 atom stereocenters. The van der Waals surface area contributed by atoms with Gasteiger partial charge < -0.3 is 31.9 Å². The lowest BCUT2D eigenvalue weighted by Crippen LogP contribution is -2.49. The average molecular weight is 524 g/mol. The molecule has 15 nitrogen and oxygen atoms in total. The molecular formula is C23H24N8O7. The zero-order chi connectivity index (χ0) is 28.0. The van der Waals surface area contributed by atoms with Gasteiger partial charge in [-0.1, -0.05) is 6.58 Å². The summed E-state index contributed by atoms with van der Waals surface area (Å²) in [5.74, 6) is -4.51. The third kappa shape index (κ3) is 6.87. The van der Waals surface area contributed by atoms with Gasteiger partial charge in [0, 0.05) is 23.2 Å². The summed E-state index contributed by atoms with van der Waals surface area (Å²) in [4.78, 5) is 74.0. The first kappa shape index (κ1) is 27.3. The number of carbonyl (C=O) groups excluding carboxylic acids is 2. The van der Waals surface area contributed by atoms with Crippen LogP contribution in [0.15, 0.2) is 47.4 Å². The number of aromatic nitrogens is 4. The summed E-state index contributed by atoms with van der Waals surface area (Å²) < 4.78 is 0. The Hall–Kier alpha value is -5.34. The van der Waals surface area contributed by atoms with Gasteiger partial charge in [0.2, 0.25) is 11.9 Å². The van der Waals surface area contributed by atoms with Gasteiger partial charge >= 0.3 is 11.9 Å². The first-order valence-corrected chi connectivity index (χ1v) is 11.0.